The number of hydrogen-bond acceptors (Lipinski definition) is 9. The second-order valence-corrected chi connectivity index (χ2v) is 13.4. The predicted molar refractivity (Wildman–Crippen MR) is 143 cm³/mol. The Hall–Kier alpha value is -2.86. The first-order valence-electron chi connectivity index (χ1n) is 12.9. The predicted octanol–water partition coefficient (Wildman–Crippen LogP) is 5.16. The minimum absolute atomic E-state index is 0.00213. The highest BCUT2D eigenvalue weighted by Gasteiger charge is 2.58. The zero-order valence-corrected chi connectivity index (χ0v) is 23.3. The number of amides is 1. The zero-order valence-electron chi connectivity index (χ0n) is 21.6. The van der Waals surface area contributed by atoms with Crippen LogP contribution in [0, 0.1) is 40.2 Å². The number of phosphoric acid groups is 1. The van der Waals surface area contributed by atoms with Gasteiger partial charge in [-0.1, -0.05) is 18.1 Å². The standard InChI is InChI=1S/C25H31N4O8PS/c1-13-12-26-24(39-13)27-21(30)8-3-14-11-20(28-31)25(2)10-9-16-15-6-7-19(37-38(34,35)36)23(29(32)33)18(15)5-4-17(16)22(14)25/h6-7,12,14,16-17,22,31H,3-5,8-11H2,1-2H3,(H,26,27,30)(H2,34,35,36). The fourth-order valence-electron chi connectivity index (χ4n) is 7.44. The van der Waals surface area contributed by atoms with Gasteiger partial charge in [-0.15, -0.1) is 11.3 Å². The van der Waals surface area contributed by atoms with E-state index < -0.39 is 24.2 Å². The number of phosphoric ester groups is 1. The fraction of sp³-hybridized carbons (Fsp3) is 0.560. The van der Waals surface area contributed by atoms with Gasteiger partial charge in [0.2, 0.25) is 11.7 Å². The molecule has 2 aromatic rings. The Morgan fingerprint density at radius 1 is 1.38 bits per heavy atom. The van der Waals surface area contributed by atoms with Crippen LogP contribution in [-0.2, 0) is 15.8 Å². The Bertz CT molecular complexity index is 1390. The number of nitro groups is 1. The van der Waals surface area contributed by atoms with Crippen molar-refractivity contribution in [3.05, 3.63) is 44.4 Å². The number of aromatic nitrogens is 1. The lowest BCUT2D eigenvalue weighted by atomic mass is 9.53. The molecule has 2 saturated carbocycles. The summed E-state index contributed by atoms with van der Waals surface area (Å²) in [6.45, 7) is 4.04. The zero-order chi connectivity index (χ0) is 28.1. The molecule has 0 aliphatic heterocycles. The third-order valence-electron chi connectivity index (χ3n) is 8.85. The molecule has 12 nitrogen and oxygen atoms in total. The van der Waals surface area contributed by atoms with Crippen molar-refractivity contribution in [2.75, 3.05) is 5.32 Å². The van der Waals surface area contributed by atoms with Gasteiger partial charge < -0.3 is 15.0 Å². The number of hydrogen-bond donors (Lipinski definition) is 4. The lowest BCUT2D eigenvalue weighted by Gasteiger charge is -2.50. The maximum atomic E-state index is 12.7. The van der Waals surface area contributed by atoms with Crippen molar-refractivity contribution in [1.29, 1.82) is 0 Å². The second-order valence-electron chi connectivity index (χ2n) is 11.0. The summed E-state index contributed by atoms with van der Waals surface area (Å²) < 4.78 is 16.1. The van der Waals surface area contributed by atoms with Crippen LogP contribution in [0.1, 0.15) is 67.4 Å². The summed E-state index contributed by atoms with van der Waals surface area (Å²) in [5.74, 6) is -0.168. The lowest BCUT2D eigenvalue weighted by Crippen LogP contribution is -2.44. The van der Waals surface area contributed by atoms with E-state index >= 15 is 0 Å². The topological polar surface area (TPSA) is 184 Å². The summed E-state index contributed by atoms with van der Waals surface area (Å²) in [7, 11) is -4.98. The summed E-state index contributed by atoms with van der Waals surface area (Å²) in [6.07, 6.45) is 5.67. The van der Waals surface area contributed by atoms with Gasteiger partial charge in [0, 0.05) is 28.5 Å². The Kier molecular flexibility index (Phi) is 7.30. The highest BCUT2D eigenvalue weighted by Crippen LogP contribution is 2.63. The number of fused-ring (bicyclic) bond motifs is 5. The largest absolute Gasteiger partial charge is 0.525 e. The molecule has 0 bridgehead atoms. The summed E-state index contributed by atoms with van der Waals surface area (Å²) >= 11 is 1.42. The third-order valence-corrected chi connectivity index (χ3v) is 10.1. The van der Waals surface area contributed by atoms with Crippen molar-refractivity contribution >= 4 is 41.6 Å². The van der Waals surface area contributed by atoms with Crippen LogP contribution in [0.25, 0.3) is 0 Å². The van der Waals surface area contributed by atoms with E-state index in [1.807, 2.05) is 6.92 Å². The van der Waals surface area contributed by atoms with E-state index in [0.717, 1.165) is 29.0 Å². The van der Waals surface area contributed by atoms with Gasteiger partial charge in [0.1, 0.15) is 0 Å². The van der Waals surface area contributed by atoms with Crippen LogP contribution in [0.2, 0.25) is 0 Å². The maximum Gasteiger partial charge on any atom is 0.525 e. The van der Waals surface area contributed by atoms with E-state index in [1.54, 1.807) is 12.3 Å². The molecular formula is C25H31N4O8PS. The first-order valence-corrected chi connectivity index (χ1v) is 15.2. The van der Waals surface area contributed by atoms with Crippen LogP contribution < -0.4 is 9.84 Å². The van der Waals surface area contributed by atoms with Crippen LogP contribution in [0.3, 0.4) is 0 Å². The van der Waals surface area contributed by atoms with Crippen molar-refractivity contribution in [2.45, 2.75) is 64.7 Å². The summed E-state index contributed by atoms with van der Waals surface area (Å²) in [5.41, 5.74) is 1.28. The number of rotatable bonds is 7. The highest BCUT2D eigenvalue weighted by atomic mass is 32.1. The van der Waals surface area contributed by atoms with E-state index in [-0.39, 0.29) is 35.0 Å². The van der Waals surface area contributed by atoms with Gasteiger partial charge in [0.25, 0.3) is 0 Å². The normalized spacial score (nSPS) is 28.9. The number of nitrogens with one attached hydrogen (secondary N) is 1. The number of nitro benzene ring substituents is 1. The van der Waals surface area contributed by atoms with Gasteiger partial charge in [0.15, 0.2) is 5.13 Å². The maximum absolute atomic E-state index is 12.7. The molecule has 2 fully saturated rings. The molecular weight excluding hydrogens is 547 g/mol. The van der Waals surface area contributed by atoms with E-state index in [9.17, 15) is 34.5 Å². The van der Waals surface area contributed by atoms with Gasteiger partial charge in [-0.2, -0.15) is 0 Å². The summed E-state index contributed by atoms with van der Waals surface area (Å²) in [6, 6.07) is 2.98. The molecule has 3 aliphatic carbocycles. The van der Waals surface area contributed by atoms with Gasteiger partial charge >= 0.3 is 13.5 Å². The highest BCUT2D eigenvalue weighted by molar-refractivity contribution is 7.46. The van der Waals surface area contributed by atoms with Gasteiger partial charge in [-0.3, -0.25) is 24.7 Å². The molecule has 5 rings (SSSR count). The number of aryl methyl sites for hydroxylation is 1. The van der Waals surface area contributed by atoms with Crippen molar-refractivity contribution in [1.82, 2.24) is 4.98 Å². The average molecular weight is 579 g/mol. The third kappa shape index (κ3) is 5.20. The Labute approximate surface area is 228 Å². The molecule has 5 atom stereocenters. The second kappa shape index (κ2) is 10.3. The molecule has 1 aromatic carbocycles. The summed E-state index contributed by atoms with van der Waals surface area (Å²) in [4.78, 5) is 47.7. The van der Waals surface area contributed by atoms with Crippen molar-refractivity contribution in [3.63, 3.8) is 0 Å². The number of benzene rings is 1. The minimum Gasteiger partial charge on any atom is -0.411 e. The van der Waals surface area contributed by atoms with Gasteiger partial charge in [-0.25, -0.2) is 9.55 Å². The summed E-state index contributed by atoms with van der Waals surface area (Å²) in [5, 5.41) is 29.0. The molecule has 3 aliphatic rings. The van der Waals surface area contributed by atoms with Crippen LogP contribution in [0.4, 0.5) is 10.8 Å². The molecule has 0 radical (unpaired) electrons. The van der Waals surface area contributed by atoms with Gasteiger partial charge in [-0.05, 0) is 80.8 Å². The van der Waals surface area contributed by atoms with E-state index in [1.165, 1.54) is 17.4 Å². The first kappa shape index (κ1) is 27.7. The van der Waals surface area contributed by atoms with E-state index in [2.05, 4.69) is 26.9 Å². The molecule has 39 heavy (non-hydrogen) atoms. The molecule has 0 saturated heterocycles. The fourth-order valence-corrected chi connectivity index (χ4v) is 8.53. The Balaban J connectivity index is 1.42. The molecule has 4 N–H and O–H groups in total. The smallest absolute Gasteiger partial charge is 0.411 e. The van der Waals surface area contributed by atoms with Crippen molar-refractivity contribution in [2.24, 2.45) is 28.3 Å². The number of anilines is 1. The van der Waals surface area contributed by atoms with Crippen LogP contribution in [0.5, 0.6) is 5.75 Å². The van der Waals surface area contributed by atoms with Crippen LogP contribution in [0.15, 0.2) is 23.5 Å². The van der Waals surface area contributed by atoms with Crippen molar-refractivity contribution < 1.29 is 33.8 Å². The SMILES string of the molecule is Cc1cnc(NC(=O)CCC2CC(=NO)C3(C)CCC4c5ccc(OP(=O)(O)O)c([N+](=O)[O-])c5CCC4C23)s1. The molecule has 1 heterocycles. The molecule has 210 valence electrons. The number of nitrogens with zero attached hydrogens (tertiary/aromatic N) is 3. The lowest BCUT2D eigenvalue weighted by molar-refractivity contribution is -0.386. The number of oxime groups is 1. The Morgan fingerprint density at radius 2 is 2.15 bits per heavy atom. The number of carbonyl (C=O) groups is 1. The average Bonchev–Trinajstić information content (AvgIpc) is 3.40. The van der Waals surface area contributed by atoms with E-state index in [0.29, 0.717) is 42.8 Å². The van der Waals surface area contributed by atoms with E-state index in [4.69, 9.17) is 0 Å². The van der Waals surface area contributed by atoms with Crippen LogP contribution in [-0.4, -0.2) is 36.5 Å². The number of carbonyl (C=O) groups excluding carboxylic acids is 1. The van der Waals surface area contributed by atoms with Gasteiger partial charge in [0.05, 0.1) is 10.6 Å². The van der Waals surface area contributed by atoms with Crippen LogP contribution >= 0.6 is 19.2 Å². The molecule has 1 aromatic heterocycles. The minimum atomic E-state index is -4.98. The molecule has 1 amide bonds. The monoisotopic (exact) mass is 578 g/mol. The first-order chi connectivity index (χ1) is 18.4. The quantitative estimate of drug-likeness (QED) is 0.149. The molecule has 0 spiro atoms. The van der Waals surface area contributed by atoms with Crippen molar-refractivity contribution in [3.8, 4) is 5.75 Å². The molecule has 5 unspecified atom stereocenters. The number of thiazole rings is 1. The Morgan fingerprint density at radius 3 is 2.79 bits per heavy atom. The molecule has 14 heteroatoms.